The lowest BCUT2D eigenvalue weighted by atomic mass is 10.2. The minimum absolute atomic E-state index is 0.201. The fourth-order valence-electron chi connectivity index (χ4n) is 1.12. The van der Waals surface area contributed by atoms with Gasteiger partial charge in [-0.05, 0) is 11.6 Å². The maximum atomic E-state index is 12.5. The molecule has 1 aromatic rings. The number of carbonyl (C=O) groups excluding carboxylic acids is 1. The lowest BCUT2D eigenvalue weighted by Gasteiger charge is -2.15. The number of rotatable bonds is 4. The summed E-state index contributed by atoms with van der Waals surface area (Å²) < 4.78 is 60.6. The maximum Gasteiger partial charge on any atom is 0.461 e. The average Bonchev–Trinajstić information content (AvgIpc) is 2.34. The van der Waals surface area contributed by atoms with Crippen LogP contribution in [0.3, 0.4) is 0 Å². The number of ketones is 1. The molecule has 0 heterocycles. The van der Waals surface area contributed by atoms with Gasteiger partial charge in [0, 0.05) is 0 Å². The van der Waals surface area contributed by atoms with E-state index in [9.17, 15) is 26.7 Å². The van der Waals surface area contributed by atoms with Gasteiger partial charge >= 0.3 is 12.1 Å². The minimum atomic E-state index is -5.88. The Kier molecular flexibility index (Phi) is 4.58. The number of allylic oxidation sites excluding steroid dienone is 3. The topological polar surface area (TPSA) is 17.1 Å². The van der Waals surface area contributed by atoms with Gasteiger partial charge in [0.15, 0.2) is 0 Å². The fourth-order valence-corrected chi connectivity index (χ4v) is 1.12. The third kappa shape index (κ3) is 4.01. The van der Waals surface area contributed by atoms with E-state index in [-0.39, 0.29) is 6.08 Å². The van der Waals surface area contributed by atoms with Crippen molar-refractivity contribution < 1.29 is 26.7 Å². The SMILES string of the molecule is O=C(/C=C\C=C\c1ccccc1)C(F)(F)C(F)(F)F. The summed E-state index contributed by atoms with van der Waals surface area (Å²) in [7, 11) is 0. The quantitative estimate of drug-likeness (QED) is 0.461. The Morgan fingerprint density at radius 2 is 1.53 bits per heavy atom. The van der Waals surface area contributed by atoms with Gasteiger partial charge in [0.1, 0.15) is 0 Å². The highest BCUT2D eigenvalue weighted by atomic mass is 19.4. The normalized spacial score (nSPS) is 13.3. The summed E-state index contributed by atoms with van der Waals surface area (Å²) in [4.78, 5) is 10.7. The van der Waals surface area contributed by atoms with Crippen molar-refractivity contribution in [1.29, 1.82) is 0 Å². The minimum Gasteiger partial charge on any atom is -0.288 e. The van der Waals surface area contributed by atoms with Gasteiger partial charge in [0.2, 0.25) is 5.78 Å². The molecule has 0 aliphatic carbocycles. The maximum absolute atomic E-state index is 12.5. The molecule has 1 nitrogen and oxygen atoms in total. The molecule has 0 aliphatic rings. The number of halogens is 5. The van der Waals surface area contributed by atoms with E-state index < -0.39 is 17.9 Å². The van der Waals surface area contributed by atoms with Crippen LogP contribution >= 0.6 is 0 Å². The first-order valence-corrected chi connectivity index (χ1v) is 5.14. The molecule has 0 aliphatic heterocycles. The zero-order chi connectivity index (χ0) is 14.5. The van der Waals surface area contributed by atoms with Gasteiger partial charge < -0.3 is 0 Å². The second kappa shape index (κ2) is 5.77. The smallest absolute Gasteiger partial charge is 0.288 e. The lowest BCUT2D eigenvalue weighted by Crippen LogP contribution is -2.43. The Balaban J connectivity index is 2.68. The van der Waals surface area contributed by atoms with Crippen molar-refractivity contribution in [2.24, 2.45) is 0 Å². The van der Waals surface area contributed by atoms with Gasteiger partial charge in [0.05, 0.1) is 0 Å². The monoisotopic (exact) mass is 276 g/mol. The number of hydrogen-bond donors (Lipinski definition) is 0. The summed E-state index contributed by atoms with van der Waals surface area (Å²) in [6.07, 6.45) is -2.16. The zero-order valence-corrected chi connectivity index (χ0v) is 9.49. The molecule has 0 spiro atoms. The third-order valence-electron chi connectivity index (χ3n) is 2.11. The second-order valence-electron chi connectivity index (χ2n) is 3.57. The lowest BCUT2D eigenvalue weighted by molar-refractivity contribution is -0.266. The first-order valence-electron chi connectivity index (χ1n) is 5.14. The van der Waals surface area contributed by atoms with Gasteiger partial charge in [-0.2, -0.15) is 22.0 Å². The molecule has 1 aromatic carbocycles. The van der Waals surface area contributed by atoms with Crippen LogP contribution in [0.4, 0.5) is 22.0 Å². The standard InChI is InChI=1S/C13H9F5O/c14-12(15,13(16,17)18)11(19)9-5-4-8-10-6-2-1-3-7-10/h1-9H/b8-4+,9-5-. The highest BCUT2D eigenvalue weighted by molar-refractivity contribution is 5.96. The van der Waals surface area contributed by atoms with Crippen LogP contribution in [0.5, 0.6) is 0 Å². The van der Waals surface area contributed by atoms with Crippen LogP contribution in [0.25, 0.3) is 6.08 Å². The summed E-state index contributed by atoms with van der Waals surface area (Å²) in [5.74, 6) is -7.65. The van der Waals surface area contributed by atoms with Crippen molar-refractivity contribution in [2.75, 3.05) is 0 Å². The number of carbonyl (C=O) groups is 1. The molecule has 6 heteroatoms. The number of hydrogen-bond acceptors (Lipinski definition) is 1. The summed E-state index contributed by atoms with van der Waals surface area (Å²) in [6, 6.07) is 8.63. The molecular weight excluding hydrogens is 267 g/mol. The molecule has 1 rings (SSSR count). The van der Waals surface area contributed by atoms with Crippen molar-refractivity contribution in [3.8, 4) is 0 Å². The van der Waals surface area contributed by atoms with Crippen LogP contribution < -0.4 is 0 Å². The number of alkyl halides is 5. The highest BCUT2D eigenvalue weighted by Gasteiger charge is 2.62. The Morgan fingerprint density at radius 3 is 2.05 bits per heavy atom. The zero-order valence-electron chi connectivity index (χ0n) is 9.49. The molecule has 0 radical (unpaired) electrons. The average molecular weight is 276 g/mol. The van der Waals surface area contributed by atoms with Gasteiger partial charge in [-0.15, -0.1) is 0 Å². The summed E-state index contributed by atoms with van der Waals surface area (Å²) in [5.41, 5.74) is 0.724. The molecule has 0 unspecified atom stereocenters. The van der Waals surface area contributed by atoms with E-state index in [0.29, 0.717) is 0 Å². The Labute approximate surface area is 106 Å². The van der Waals surface area contributed by atoms with E-state index in [1.165, 1.54) is 12.2 Å². The van der Waals surface area contributed by atoms with Gasteiger partial charge in [-0.1, -0.05) is 48.6 Å². The van der Waals surface area contributed by atoms with E-state index in [4.69, 9.17) is 0 Å². The van der Waals surface area contributed by atoms with Crippen molar-refractivity contribution in [1.82, 2.24) is 0 Å². The van der Waals surface area contributed by atoms with Crippen LogP contribution in [-0.2, 0) is 4.79 Å². The molecular formula is C13H9F5O. The molecule has 19 heavy (non-hydrogen) atoms. The van der Waals surface area contributed by atoms with Gasteiger partial charge in [0.25, 0.3) is 0 Å². The molecule has 102 valence electrons. The molecule has 0 fully saturated rings. The molecule has 0 atom stereocenters. The van der Waals surface area contributed by atoms with Gasteiger partial charge in [-0.25, -0.2) is 0 Å². The Hall–Kier alpha value is -1.98. The number of benzene rings is 1. The van der Waals surface area contributed by atoms with Crippen LogP contribution in [0.1, 0.15) is 5.56 Å². The molecule has 0 bridgehead atoms. The van der Waals surface area contributed by atoms with Crippen molar-refractivity contribution >= 4 is 11.9 Å². The van der Waals surface area contributed by atoms with Crippen LogP contribution in [0, 0.1) is 0 Å². The van der Waals surface area contributed by atoms with E-state index >= 15 is 0 Å². The predicted molar refractivity (Wildman–Crippen MR) is 60.6 cm³/mol. The fraction of sp³-hybridized carbons (Fsp3) is 0.154. The summed E-state index contributed by atoms with van der Waals surface area (Å²) in [6.45, 7) is 0. The third-order valence-corrected chi connectivity index (χ3v) is 2.11. The van der Waals surface area contributed by atoms with E-state index in [0.717, 1.165) is 11.6 Å². The summed E-state index contributed by atoms with van der Waals surface area (Å²) in [5, 5.41) is 0. The first kappa shape index (κ1) is 15.1. The molecule has 0 aromatic heterocycles. The van der Waals surface area contributed by atoms with Crippen molar-refractivity contribution in [3.05, 3.63) is 54.1 Å². The van der Waals surface area contributed by atoms with Gasteiger partial charge in [-0.3, -0.25) is 4.79 Å². The molecule has 0 N–H and O–H groups in total. The van der Waals surface area contributed by atoms with E-state index in [2.05, 4.69) is 0 Å². The van der Waals surface area contributed by atoms with Crippen LogP contribution in [0.2, 0.25) is 0 Å². The first-order chi connectivity index (χ1) is 8.75. The van der Waals surface area contributed by atoms with Crippen molar-refractivity contribution in [3.63, 3.8) is 0 Å². The highest BCUT2D eigenvalue weighted by Crippen LogP contribution is 2.36. The Morgan fingerprint density at radius 1 is 0.947 bits per heavy atom. The second-order valence-corrected chi connectivity index (χ2v) is 3.57. The largest absolute Gasteiger partial charge is 0.461 e. The molecule has 0 saturated heterocycles. The predicted octanol–water partition coefficient (Wildman–Crippen LogP) is 4.02. The summed E-state index contributed by atoms with van der Waals surface area (Å²) >= 11 is 0. The van der Waals surface area contributed by atoms with Crippen LogP contribution in [0.15, 0.2) is 48.6 Å². The van der Waals surface area contributed by atoms with E-state index in [1.54, 1.807) is 30.3 Å². The van der Waals surface area contributed by atoms with E-state index in [1.807, 2.05) is 0 Å². The van der Waals surface area contributed by atoms with Crippen LogP contribution in [-0.4, -0.2) is 17.9 Å². The van der Waals surface area contributed by atoms with Crippen molar-refractivity contribution in [2.45, 2.75) is 12.1 Å². The Bertz CT molecular complexity index is 486. The molecule has 0 amide bonds. The molecule has 0 saturated carbocycles.